The van der Waals surface area contributed by atoms with Crippen molar-refractivity contribution in [2.24, 2.45) is 0 Å². The van der Waals surface area contributed by atoms with Gasteiger partial charge >= 0.3 is 0 Å². The Bertz CT molecular complexity index is 485. The Hall–Kier alpha value is -1.39. The van der Waals surface area contributed by atoms with Crippen molar-refractivity contribution in [2.45, 2.75) is 39.7 Å². The number of carbonyl (C=O) groups excluding carboxylic acids is 1. The molecule has 4 heteroatoms. The van der Waals surface area contributed by atoms with Gasteiger partial charge in [0.2, 0.25) is 0 Å². The smallest absolute Gasteiger partial charge is 0.282 e. The lowest BCUT2D eigenvalue weighted by Crippen LogP contribution is -3.11. The molecule has 0 spiro atoms. The van der Waals surface area contributed by atoms with Gasteiger partial charge in [0.15, 0.2) is 6.54 Å². The summed E-state index contributed by atoms with van der Waals surface area (Å²) in [7, 11) is 0. The highest BCUT2D eigenvalue weighted by atomic mass is 16.2. The Morgan fingerprint density at radius 3 is 2.77 bits per heavy atom. The maximum atomic E-state index is 12.5. The molecule has 1 aliphatic rings. The molecular weight excluding hydrogens is 274 g/mol. The van der Waals surface area contributed by atoms with Crippen molar-refractivity contribution in [3.63, 3.8) is 0 Å². The number of quaternary nitrogens is 2. The van der Waals surface area contributed by atoms with E-state index in [1.54, 1.807) is 4.90 Å². The minimum atomic E-state index is 0.243. The van der Waals surface area contributed by atoms with Crippen molar-refractivity contribution in [1.82, 2.24) is 0 Å². The number of para-hydroxylation sites is 1. The molecule has 1 heterocycles. The molecular formula is C18H31N3O+2. The van der Waals surface area contributed by atoms with E-state index in [4.69, 9.17) is 0 Å². The monoisotopic (exact) mass is 305 g/mol. The standard InChI is InChI=1S/C18H29N3O/c1-4-20(5-2)12-8-11-19-14-18(22)21-15(3)13-16-9-6-7-10-17(16)21/h6-7,9-10,15,19H,4-5,8,11-14H2,1-3H3/p+2/t15-/m0/s1. The molecule has 3 N–H and O–H groups in total. The zero-order valence-corrected chi connectivity index (χ0v) is 14.3. The maximum Gasteiger partial charge on any atom is 0.282 e. The van der Waals surface area contributed by atoms with E-state index in [2.05, 4.69) is 44.3 Å². The predicted molar refractivity (Wildman–Crippen MR) is 90.3 cm³/mol. The van der Waals surface area contributed by atoms with Crippen LogP contribution in [-0.4, -0.2) is 44.7 Å². The Labute approximate surface area is 134 Å². The molecule has 2 rings (SSSR count). The van der Waals surface area contributed by atoms with Gasteiger partial charge in [-0.05, 0) is 38.8 Å². The van der Waals surface area contributed by atoms with E-state index in [0.717, 1.165) is 18.7 Å². The van der Waals surface area contributed by atoms with Gasteiger partial charge in [-0.2, -0.15) is 0 Å². The quantitative estimate of drug-likeness (QED) is 0.644. The van der Waals surface area contributed by atoms with Crippen LogP contribution in [0, 0.1) is 0 Å². The minimum absolute atomic E-state index is 0.243. The minimum Gasteiger partial charge on any atom is -0.338 e. The molecule has 0 radical (unpaired) electrons. The van der Waals surface area contributed by atoms with Gasteiger partial charge in [0.05, 0.1) is 26.2 Å². The van der Waals surface area contributed by atoms with Crippen LogP contribution in [0.2, 0.25) is 0 Å². The SMILES string of the molecule is CC[NH+](CC)CCC[NH2+]CC(=O)N1c2ccccc2C[C@@H]1C. The van der Waals surface area contributed by atoms with Crippen LogP contribution >= 0.6 is 0 Å². The number of hydrogen-bond acceptors (Lipinski definition) is 1. The molecule has 122 valence electrons. The van der Waals surface area contributed by atoms with Crippen molar-refractivity contribution < 1.29 is 15.0 Å². The highest BCUT2D eigenvalue weighted by Gasteiger charge is 2.30. The van der Waals surface area contributed by atoms with Crippen LogP contribution in [0.25, 0.3) is 0 Å². The van der Waals surface area contributed by atoms with Gasteiger partial charge in [-0.25, -0.2) is 0 Å². The van der Waals surface area contributed by atoms with Gasteiger partial charge in [-0.1, -0.05) is 18.2 Å². The fourth-order valence-electron chi connectivity index (χ4n) is 3.37. The van der Waals surface area contributed by atoms with E-state index in [1.807, 2.05) is 11.0 Å². The molecule has 0 saturated heterocycles. The molecule has 1 amide bonds. The number of nitrogens with zero attached hydrogens (tertiary/aromatic N) is 1. The van der Waals surface area contributed by atoms with Crippen LogP contribution in [0.15, 0.2) is 24.3 Å². The molecule has 0 unspecified atom stereocenters. The van der Waals surface area contributed by atoms with E-state index in [0.29, 0.717) is 12.6 Å². The fraction of sp³-hybridized carbons (Fsp3) is 0.611. The number of fused-ring (bicyclic) bond motifs is 1. The molecule has 1 aromatic rings. The summed E-state index contributed by atoms with van der Waals surface area (Å²) in [4.78, 5) is 16.1. The van der Waals surface area contributed by atoms with Gasteiger partial charge in [0.25, 0.3) is 5.91 Å². The van der Waals surface area contributed by atoms with E-state index >= 15 is 0 Å². The number of anilines is 1. The second kappa shape index (κ2) is 8.30. The number of nitrogens with one attached hydrogen (secondary N) is 1. The first-order chi connectivity index (χ1) is 10.7. The lowest BCUT2D eigenvalue weighted by Gasteiger charge is -2.22. The number of benzene rings is 1. The summed E-state index contributed by atoms with van der Waals surface area (Å²) in [5.74, 6) is 0.243. The largest absolute Gasteiger partial charge is 0.338 e. The van der Waals surface area contributed by atoms with Crippen LogP contribution in [0.5, 0.6) is 0 Å². The van der Waals surface area contributed by atoms with Crippen LogP contribution in [0.3, 0.4) is 0 Å². The molecule has 1 aromatic carbocycles. The van der Waals surface area contributed by atoms with Crippen molar-refractivity contribution >= 4 is 11.6 Å². The van der Waals surface area contributed by atoms with Crippen LogP contribution < -0.4 is 15.1 Å². The molecule has 0 bridgehead atoms. The van der Waals surface area contributed by atoms with E-state index < -0.39 is 0 Å². The van der Waals surface area contributed by atoms with Crippen molar-refractivity contribution in [3.05, 3.63) is 29.8 Å². The van der Waals surface area contributed by atoms with Gasteiger partial charge in [0.1, 0.15) is 0 Å². The first-order valence-electron chi connectivity index (χ1n) is 8.72. The first kappa shape index (κ1) is 17.0. The third kappa shape index (κ3) is 4.08. The van der Waals surface area contributed by atoms with Crippen LogP contribution in [0.4, 0.5) is 5.69 Å². The molecule has 0 aromatic heterocycles. The molecule has 0 saturated carbocycles. The normalized spacial score (nSPS) is 17.1. The molecule has 0 fully saturated rings. The Balaban J connectivity index is 1.76. The van der Waals surface area contributed by atoms with Crippen molar-refractivity contribution in [3.8, 4) is 0 Å². The van der Waals surface area contributed by atoms with Crippen molar-refractivity contribution in [1.29, 1.82) is 0 Å². The third-order valence-electron chi connectivity index (χ3n) is 4.73. The summed E-state index contributed by atoms with van der Waals surface area (Å²) in [6.07, 6.45) is 2.16. The van der Waals surface area contributed by atoms with Gasteiger partial charge in [-0.3, -0.25) is 4.79 Å². The molecule has 1 atom stereocenters. The maximum absolute atomic E-state index is 12.5. The molecule has 4 nitrogen and oxygen atoms in total. The Morgan fingerprint density at radius 1 is 1.32 bits per heavy atom. The molecule has 22 heavy (non-hydrogen) atoms. The third-order valence-corrected chi connectivity index (χ3v) is 4.73. The second-order valence-corrected chi connectivity index (χ2v) is 6.29. The highest BCUT2D eigenvalue weighted by Crippen LogP contribution is 2.31. The zero-order chi connectivity index (χ0) is 15.9. The van der Waals surface area contributed by atoms with Crippen molar-refractivity contribution in [2.75, 3.05) is 37.6 Å². The number of carbonyl (C=O) groups is 1. The van der Waals surface area contributed by atoms with Gasteiger partial charge in [-0.15, -0.1) is 0 Å². The van der Waals surface area contributed by atoms with Crippen LogP contribution in [-0.2, 0) is 11.2 Å². The van der Waals surface area contributed by atoms with E-state index in [-0.39, 0.29) is 5.91 Å². The summed E-state index contributed by atoms with van der Waals surface area (Å²) in [6, 6.07) is 8.57. The average molecular weight is 305 g/mol. The average Bonchev–Trinajstić information content (AvgIpc) is 2.86. The lowest BCUT2D eigenvalue weighted by atomic mass is 10.1. The van der Waals surface area contributed by atoms with Crippen LogP contribution in [0.1, 0.15) is 32.8 Å². The van der Waals surface area contributed by atoms with Gasteiger partial charge < -0.3 is 15.1 Å². The predicted octanol–water partition coefficient (Wildman–Crippen LogP) is -0.158. The summed E-state index contributed by atoms with van der Waals surface area (Å²) in [5, 5.41) is 2.17. The summed E-state index contributed by atoms with van der Waals surface area (Å²) < 4.78 is 0. The molecule has 0 aliphatic carbocycles. The lowest BCUT2D eigenvalue weighted by molar-refractivity contribution is -0.898. The summed E-state index contributed by atoms with van der Waals surface area (Å²) in [5.41, 5.74) is 2.41. The summed E-state index contributed by atoms with van der Waals surface area (Å²) >= 11 is 0. The number of nitrogens with two attached hydrogens (primary N) is 1. The summed E-state index contributed by atoms with van der Waals surface area (Å²) in [6.45, 7) is 11.8. The van der Waals surface area contributed by atoms with Gasteiger partial charge in [0, 0.05) is 18.2 Å². The number of amides is 1. The second-order valence-electron chi connectivity index (χ2n) is 6.29. The van der Waals surface area contributed by atoms with E-state index in [1.165, 1.54) is 31.6 Å². The Kier molecular flexibility index (Phi) is 6.40. The molecule has 1 aliphatic heterocycles. The highest BCUT2D eigenvalue weighted by molar-refractivity contribution is 5.96. The Morgan fingerprint density at radius 2 is 2.05 bits per heavy atom. The zero-order valence-electron chi connectivity index (χ0n) is 14.3. The topological polar surface area (TPSA) is 41.4 Å². The fourth-order valence-corrected chi connectivity index (χ4v) is 3.37. The number of hydrogen-bond donors (Lipinski definition) is 2. The first-order valence-corrected chi connectivity index (χ1v) is 8.72. The number of rotatable bonds is 8. The van der Waals surface area contributed by atoms with E-state index in [9.17, 15) is 4.79 Å².